The second-order valence-corrected chi connectivity index (χ2v) is 6.50. The Labute approximate surface area is 137 Å². The molecule has 120 valence electrons. The fourth-order valence-electron chi connectivity index (χ4n) is 2.37. The molecule has 1 aromatic carbocycles. The summed E-state index contributed by atoms with van der Waals surface area (Å²) in [4.78, 5) is 17.8. The minimum atomic E-state index is -0.753. The van der Waals surface area contributed by atoms with E-state index in [0.717, 1.165) is 10.4 Å². The van der Waals surface area contributed by atoms with Gasteiger partial charge in [0.25, 0.3) is 5.56 Å². The number of benzene rings is 1. The molecular formula is C17H18N2O3S. The van der Waals surface area contributed by atoms with E-state index in [1.807, 2.05) is 42.6 Å². The lowest BCUT2D eigenvalue weighted by atomic mass is 10.2. The zero-order chi connectivity index (χ0) is 16.2. The number of hydrogen-bond acceptors (Lipinski definition) is 5. The summed E-state index contributed by atoms with van der Waals surface area (Å²) in [5.41, 5.74) is 1.53. The summed E-state index contributed by atoms with van der Waals surface area (Å²) in [6, 6.07) is 9.52. The van der Waals surface area contributed by atoms with E-state index in [0.29, 0.717) is 17.5 Å². The Kier molecular flexibility index (Phi) is 4.85. The Morgan fingerprint density at radius 1 is 1.39 bits per heavy atom. The molecule has 0 spiro atoms. The number of hydrogen-bond donors (Lipinski definition) is 1. The maximum atomic E-state index is 12.4. The van der Waals surface area contributed by atoms with Gasteiger partial charge in [0.1, 0.15) is 0 Å². The second-order valence-electron chi connectivity index (χ2n) is 5.47. The monoisotopic (exact) mass is 330 g/mol. The van der Waals surface area contributed by atoms with E-state index >= 15 is 0 Å². The van der Waals surface area contributed by atoms with Crippen LogP contribution in [0.4, 0.5) is 0 Å². The molecule has 5 nitrogen and oxygen atoms in total. The minimum Gasteiger partial charge on any atom is -0.389 e. The molecule has 0 fully saturated rings. The van der Waals surface area contributed by atoms with E-state index in [1.165, 1.54) is 10.9 Å². The Morgan fingerprint density at radius 3 is 3.04 bits per heavy atom. The standard InChI is InChI=1S/C17H18N2O3S/c1-12-4-5-16-15(7-12)17(21)19(11-18-16)8-13(20)9-22-10-14-3-2-6-23-14/h2-7,11,13,20H,8-10H2,1H3/t13-/m0/s1. The smallest absolute Gasteiger partial charge is 0.261 e. The van der Waals surface area contributed by atoms with Gasteiger partial charge in [-0.25, -0.2) is 4.98 Å². The second kappa shape index (κ2) is 7.04. The van der Waals surface area contributed by atoms with Gasteiger partial charge >= 0.3 is 0 Å². The summed E-state index contributed by atoms with van der Waals surface area (Å²) >= 11 is 1.61. The van der Waals surface area contributed by atoms with Gasteiger partial charge in [0.05, 0.1) is 43.1 Å². The van der Waals surface area contributed by atoms with Crippen molar-refractivity contribution in [2.24, 2.45) is 0 Å². The largest absolute Gasteiger partial charge is 0.389 e. The van der Waals surface area contributed by atoms with Crippen molar-refractivity contribution in [1.29, 1.82) is 0 Å². The Balaban J connectivity index is 1.66. The summed E-state index contributed by atoms with van der Waals surface area (Å²) < 4.78 is 6.91. The molecule has 3 aromatic rings. The Morgan fingerprint density at radius 2 is 2.26 bits per heavy atom. The third kappa shape index (κ3) is 3.85. The summed E-state index contributed by atoms with van der Waals surface area (Å²) in [6.45, 7) is 2.75. The van der Waals surface area contributed by atoms with Crippen molar-refractivity contribution < 1.29 is 9.84 Å². The van der Waals surface area contributed by atoms with Crippen molar-refractivity contribution >= 4 is 22.2 Å². The topological polar surface area (TPSA) is 64.3 Å². The SMILES string of the molecule is Cc1ccc2ncn(C[C@H](O)COCc3cccs3)c(=O)c2c1. The van der Waals surface area contributed by atoms with E-state index in [9.17, 15) is 9.90 Å². The number of ether oxygens (including phenoxy) is 1. The summed E-state index contributed by atoms with van der Waals surface area (Å²) in [5, 5.41) is 12.6. The van der Waals surface area contributed by atoms with Gasteiger partial charge in [0, 0.05) is 4.88 Å². The molecule has 1 N–H and O–H groups in total. The van der Waals surface area contributed by atoms with Gasteiger partial charge in [-0.2, -0.15) is 0 Å². The van der Waals surface area contributed by atoms with Crippen LogP contribution in [0.2, 0.25) is 0 Å². The first-order chi connectivity index (χ1) is 11.1. The van der Waals surface area contributed by atoms with Gasteiger partial charge in [0.15, 0.2) is 0 Å². The number of nitrogens with zero attached hydrogens (tertiary/aromatic N) is 2. The van der Waals surface area contributed by atoms with E-state index in [-0.39, 0.29) is 18.7 Å². The molecule has 0 saturated heterocycles. The molecule has 0 saturated carbocycles. The lowest BCUT2D eigenvalue weighted by Crippen LogP contribution is -2.29. The van der Waals surface area contributed by atoms with Crippen molar-refractivity contribution in [3.63, 3.8) is 0 Å². The highest BCUT2D eigenvalue weighted by Gasteiger charge is 2.10. The van der Waals surface area contributed by atoms with Crippen LogP contribution in [0.1, 0.15) is 10.4 Å². The summed E-state index contributed by atoms with van der Waals surface area (Å²) in [5.74, 6) is 0. The fraction of sp³-hybridized carbons (Fsp3) is 0.294. The number of aryl methyl sites for hydroxylation is 1. The zero-order valence-corrected chi connectivity index (χ0v) is 13.6. The Hall–Kier alpha value is -2.02. The lowest BCUT2D eigenvalue weighted by Gasteiger charge is -2.13. The molecule has 0 aliphatic rings. The van der Waals surface area contributed by atoms with Gasteiger partial charge in [-0.1, -0.05) is 17.7 Å². The van der Waals surface area contributed by atoms with Crippen LogP contribution >= 0.6 is 11.3 Å². The van der Waals surface area contributed by atoms with Crippen LogP contribution in [0.15, 0.2) is 46.8 Å². The van der Waals surface area contributed by atoms with Gasteiger partial charge in [-0.15, -0.1) is 11.3 Å². The maximum absolute atomic E-state index is 12.4. The first-order valence-electron chi connectivity index (χ1n) is 7.37. The molecule has 0 bridgehead atoms. The number of fused-ring (bicyclic) bond motifs is 1. The highest BCUT2D eigenvalue weighted by molar-refractivity contribution is 7.09. The molecule has 2 aromatic heterocycles. The quantitative estimate of drug-likeness (QED) is 0.753. The van der Waals surface area contributed by atoms with E-state index in [1.54, 1.807) is 11.3 Å². The summed E-state index contributed by atoms with van der Waals surface area (Å²) in [6.07, 6.45) is 0.722. The van der Waals surface area contributed by atoms with Gasteiger partial charge in [0.2, 0.25) is 0 Å². The third-order valence-electron chi connectivity index (χ3n) is 3.52. The average molecular weight is 330 g/mol. The zero-order valence-electron chi connectivity index (χ0n) is 12.8. The molecule has 0 aliphatic heterocycles. The molecule has 2 heterocycles. The van der Waals surface area contributed by atoms with Crippen LogP contribution in [0.3, 0.4) is 0 Å². The van der Waals surface area contributed by atoms with Crippen LogP contribution in [0, 0.1) is 6.92 Å². The van der Waals surface area contributed by atoms with Crippen LogP contribution in [0.5, 0.6) is 0 Å². The lowest BCUT2D eigenvalue weighted by molar-refractivity contribution is 0.0207. The van der Waals surface area contributed by atoms with Crippen molar-refractivity contribution in [1.82, 2.24) is 9.55 Å². The molecule has 0 amide bonds. The average Bonchev–Trinajstić information content (AvgIpc) is 3.04. The predicted octanol–water partition coefficient (Wildman–Crippen LogP) is 2.34. The maximum Gasteiger partial charge on any atom is 0.261 e. The van der Waals surface area contributed by atoms with Crippen LogP contribution in [0.25, 0.3) is 10.9 Å². The molecule has 23 heavy (non-hydrogen) atoms. The third-order valence-corrected chi connectivity index (χ3v) is 4.37. The Bertz CT molecular complexity index is 843. The molecule has 3 rings (SSSR count). The molecule has 0 unspecified atom stereocenters. The highest BCUT2D eigenvalue weighted by Crippen LogP contribution is 2.11. The van der Waals surface area contributed by atoms with E-state index in [4.69, 9.17) is 4.74 Å². The molecule has 0 aliphatic carbocycles. The molecule has 0 radical (unpaired) electrons. The predicted molar refractivity (Wildman–Crippen MR) is 90.7 cm³/mol. The van der Waals surface area contributed by atoms with E-state index in [2.05, 4.69) is 4.98 Å². The first kappa shape index (κ1) is 15.9. The number of aliphatic hydroxyl groups is 1. The van der Waals surface area contributed by atoms with Crippen molar-refractivity contribution in [2.45, 2.75) is 26.2 Å². The number of rotatable bonds is 6. The van der Waals surface area contributed by atoms with E-state index < -0.39 is 6.10 Å². The highest BCUT2D eigenvalue weighted by atomic mass is 32.1. The molecule has 1 atom stereocenters. The number of aromatic nitrogens is 2. The van der Waals surface area contributed by atoms with Crippen LogP contribution in [-0.4, -0.2) is 27.4 Å². The fourth-order valence-corrected chi connectivity index (χ4v) is 3.01. The molecular weight excluding hydrogens is 312 g/mol. The number of aliphatic hydroxyl groups excluding tert-OH is 1. The van der Waals surface area contributed by atoms with Crippen LogP contribution < -0.4 is 5.56 Å². The molecule has 6 heteroatoms. The number of thiophene rings is 1. The summed E-state index contributed by atoms with van der Waals surface area (Å²) in [7, 11) is 0. The van der Waals surface area contributed by atoms with Gasteiger partial charge < -0.3 is 9.84 Å². The van der Waals surface area contributed by atoms with Gasteiger partial charge in [-0.3, -0.25) is 9.36 Å². The van der Waals surface area contributed by atoms with Crippen molar-refractivity contribution in [2.75, 3.05) is 6.61 Å². The normalized spacial score (nSPS) is 12.6. The minimum absolute atomic E-state index is 0.143. The van der Waals surface area contributed by atoms with Gasteiger partial charge in [-0.05, 0) is 30.5 Å². The van der Waals surface area contributed by atoms with Crippen molar-refractivity contribution in [3.05, 3.63) is 62.8 Å². The first-order valence-corrected chi connectivity index (χ1v) is 8.25. The van der Waals surface area contributed by atoms with Crippen LogP contribution in [-0.2, 0) is 17.9 Å². The van der Waals surface area contributed by atoms with Crippen molar-refractivity contribution in [3.8, 4) is 0 Å².